The predicted octanol–water partition coefficient (Wildman–Crippen LogP) is 2.63. The van der Waals surface area contributed by atoms with Gasteiger partial charge in [-0.2, -0.15) is 0 Å². The fourth-order valence-electron chi connectivity index (χ4n) is 3.01. The molecule has 0 fully saturated rings. The largest absolute Gasteiger partial charge is 0.480 e. The molecule has 1 aromatic carbocycles. The van der Waals surface area contributed by atoms with Gasteiger partial charge in [-0.25, -0.2) is 9.78 Å². The highest BCUT2D eigenvalue weighted by atomic mass is 16.4. The zero-order valence-corrected chi connectivity index (χ0v) is 14.8. The van der Waals surface area contributed by atoms with E-state index in [-0.39, 0.29) is 6.42 Å². The topological polar surface area (TPSA) is 83.7 Å². The second kappa shape index (κ2) is 7.39. The number of hydrogen-bond acceptors (Lipinski definition) is 3. The third-order valence-electron chi connectivity index (χ3n) is 4.35. The molecule has 1 amide bonds. The molecule has 0 aliphatic rings. The highest BCUT2D eigenvalue weighted by Gasteiger charge is 2.25. The van der Waals surface area contributed by atoms with Crippen LogP contribution in [0.1, 0.15) is 34.2 Å². The molecule has 1 unspecified atom stereocenters. The first-order valence-electron chi connectivity index (χ1n) is 8.55. The van der Waals surface area contributed by atoms with Crippen LogP contribution in [-0.4, -0.2) is 32.4 Å². The molecule has 0 radical (unpaired) electrons. The van der Waals surface area contributed by atoms with Crippen molar-refractivity contribution in [2.45, 2.75) is 32.7 Å². The summed E-state index contributed by atoms with van der Waals surface area (Å²) < 4.78 is 1.73. The number of pyridine rings is 1. The van der Waals surface area contributed by atoms with E-state index in [9.17, 15) is 14.7 Å². The van der Waals surface area contributed by atoms with Crippen molar-refractivity contribution < 1.29 is 14.7 Å². The number of amides is 1. The molecule has 0 spiro atoms. The molecule has 2 N–H and O–H groups in total. The van der Waals surface area contributed by atoms with Gasteiger partial charge in [-0.1, -0.05) is 43.3 Å². The lowest BCUT2D eigenvalue weighted by Gasteiger charge is -2.15. The van der Waals surface area contributed by atoms with E-state index in [2.05, 4.69) is 10.3 Å². The maximum Gasteiger partial charge on any atom is 0.326 e. The highest BCUT2D eigenvalue weighted by Crippen LogP contribution is 2.17. The Hall–Kier alpha value is -3.15. The van der Waals surface area contributed by atoms with Crippen LogP contribution in [0.2, 0.25) is 0 Å². The molecular formula is C20H21N3O3. The van der Waals surface area contributed by atoms with Gasteiger partial charge in [0.1, 0.15) is 17.4 Å². The van der Waals surface area contributed by atoms with Gasteiger partial charge in [0.05, 0.1) is 5.69 Å². The Bertz CT molecular complexity index is 948. The number of carboxylic acid groups (broad SMARTS) is 1. The minimum absolute atomic E-state index is 0.221. The lowest BCUT2D eigenvalue weighted by Crippen LogP contribution is -2.43. The van der Waals surface area contributed by atoms with Crippen molar-refractivity contribution in [1.82, 2.24) is 14.7 Å². The molecule has 0 aliphatic heterocycles. The Morgan fingerprint density at radius 3 is 2.58 bits per heavy atom. The number of nitrogens with zero attached hydrogens (tertiary/aromatic N) is 2. The third-order valence-corrected chi connectivity index (χ3v) is 4.35. The Morgan fingerprint density at radius 2 is 1.92 bits per heavy atom. The van der Waals surface area contributed by atoms with E-state index in [4.69, 9.17) is 0 Å². The number of fused-ring (bicyclic) bond motifs is 1. The number of imidazole rings is 1. The van der Waals surface area contributed by atoms with Crippen LogP contribution in [0.25, 0.3) is 5.65 Å². The van der Waals surface area contributed by atoms with E-state index in [0.29, 0.717) is 23.5 Å². The molecule has 1 atom stereocenters. The fourth-order valence-corrected chi connectivity index (χ4v) is 3.01. The van der Waals surface area contributed by atoms with Crippen molar-refractivity contribution in [2.75, 3.05) is 0 Å². The number of rotatable bonds is 6. The van der Waals surface area contributed by atoms with E-state index < -0.39 is 17.9 Å². The fraction of sp³-hybridized carbons (Fsp3) is 0.250. The molecule has 2 heterocycles. The summed E-state index contributed by atoms with van der Waals surface area (Å²) in [5.74, 6) is -1.49. The number of carbonyl (C=O) groups is 2. The summed E-state index contributed by atoms with van der Waals surface area (Å²) in [6.45, 7) is 3.85. The molecule has 2 aromatic heterocycles. The summed E-state index contributed by atoms with van der Waals surface area (Å²) in [5.41, 5.74) is 3.57. The molecule has 134 valence electrons. The standard InChI is InChI=1S/C20H21N3O3/c1-3-15-17(23-11-7-8-13(2)18(23)21-15)19(24)22-16(20(25)26)12-14-9-5-4-6-10-14/h4-11,16H,3,12H2,1-2H3,(H,22,24)(H,25,26). The molecule has 3 aromatic rings. The maximum atomic E-state index is 12.9. The van der Waals surface area contributed by atoms with Gasteiger partial charge in [-0.05, 0) is 30.5 Å². The number of aromatic nitrogens is 2. The number of nitrogens with one attached hydrogen (secondary N) is 1. The number of benzene rings is 1. The lowest BCUT2D eigenvalue weighted by molar-refractivity contribution is -0.139. The van der Waals surface area contributed by atoms with E-state index in [1.165, 1.54) is 0 Å². The summed E-state index contributed by atoms with van der Waals surface area (Å²) in [6.07, 6.45) is 2.58. The smallest absolute Gasteiger partial charge is 0.326 e. The number of carbonyl (C=O) groups excluding carboxylic acids is 1. The molecular weight excluding hydrogens is 330 g/mol. The molecule has 0 aliphatic carbocycles. The zero-order valence-electron chi connectivity index (χ0n) is 14.8. The van der Waals surface area contributed by atoms with Gasteiger partial charge in [0.15, 0.2) is 0 Å². The third kappa shape index (κ3) is 3.44. The monoisotopic (exact) mass is 351 g/mol. The van der Waals surface area contributed by atoms with Gasteiger partial charge in [-0.15, -0.1) is 0 Å². The van der Waals surface area contributed by atoms with Crippen LogP contribution in [-0.2, 0) is 17.6 Å². The first-order valence-corrected chi connectivity index (χ1v) is 8.55. The minimum atomic E-state index is -1.06. The molecule has 0 bridgehead atoms. The van der Waals surface area contributed by atoms with Crippen LogP contribution in [0.5, 0.6) is 0 Å². The quantitative estimate of drug-likeness (QED) is 0.715. The van der Waals surface area contributed by atoms with Crippen molar-refractivity contribution in [1.29, 1.82) is 0 Å². The Balaban J connectivity index is 1.92. The van der Waals surface area contributed by atoms with Crippen molar-refractivity contribution in [2.24, 2.45) is 0 Å². The summed E-state index contributed by atoms with van der Waals surface area (Å²) in [4.78, 5) is 29.1. The number of aliphatic carboxylic acids is 1. The van der Waals surface area contributed by atoms with E-state index in [0.717, 1.165) is 11.1 Å². The second-order valence-electron chi connectivity index (χ2n) is 6.20. The van der Waals surface area contributed by atoms with Crippen LogP contribution in [0, 0.1) is 6.92 Å². The number of hydrogen-bond donors (Lipinski definition) is 2. The zero-order chi connectivity index (χ0) is 18.7. The van der Waals surface area contributed by atoms with Crippen molar-refractivity contribution in [3.63, 3.8) is 0 Å². The van der Waals surface area contributed by atoms with Crippen molar-refractivity contribution >= 4 is 17.5 Å². The SMILES string of the molecule is CCc1nc2c(C)cccn2c1C(=O)NC(Cc1ccccc1)C(=O)O. The summed E-state index contributed by atoms with van der Waals surface area (Å²) in [6, 6.07) is 12.0. The van der Waals surface area contributed by atoms with Crippen LogP contribution >= 0.6 is 0 Å². The first kappa shape index (κ1) is 17.7. The van der Waals surface area contributed by atoms with E-state index >= 15 is 0 Å². The molecule has 26 heavy (non-hydrogen) atoms. The van der Waals surface area contributed by atoms with Crippen LogP contribution < -0.4 is 5.32 Å². The lowest BCUT2D eigenvalue weighted by atomic mass is 10.1. The van der Waals surface area contributed by atoms with E-state index in [1.54, 1.807) is 10.6 Å². The second-order valence-corrected chi connectivity index (χ2v) is 6.20. The number of aryl methyl sites for hydroxylation is 2. The van der Waals surface area contributed by atoms with Crippen LogP contribution in [0.3, 0.4) is 0 Å². The molecule has 0 saturated carbocycles. The summed E-state index contributed by atoms with van der Waals surface area (Å²) in [5, 5.41) is 12.2. The van der Waals surface area contributed by atoms with Gasteiger partial charge in [-0.3, -0.25) is 9.20 Å². The Kier molecular flexibility index (Phi) is 5.02. The van der Waals surface area contributed by atoms with Crippen LogP contribution in [0.15, 0.2) is 48.7 Å². The van der Waals surface area contributed by atoms with E-state index in [1.807, 2.05) is 56.3 Å². The number of carboxylic acids is 1. The average molecular weight is 351 g/mol. The highest BCUT2D eigenvalue weighted by molar-refractivity contribution is 5.97. The molecule has 3 rings (SSSR count). The van der Waals surface area contributed by atoms with Gasteiger partial charge >= 0.3 is 5.97 Å². The summed E-state index contributed by atoms with van der Waals surface area (Å²) >= 11 is 0. The van der Waals surface area contributed by atoms with Crippen LogP contribution in [0.4, 0.5) is 0 Å². The minimum Gasteiger partial charge on any atom is -0.480 e. The predicted molar refractivity (Wildman–Crippen MR) is 98.3 cm³/mol. The van der Waals surface area contributed by atoms with Crippen molar-refractivity contribution in [3.05, 3.63) is 71.2 Å². The van der Waals surface area contributed by atoms with Crippen molar-refractivity contribution in [3.8, 4) is 0 Å². The normalized spacial score (nSPS) is 12.1. The van der Waals surface area contributed by atoms with Gasteiger partial charge in [0.25, 0.3) is 5.91 Å². The molecule has 0 saturated heterocycles. The summed E-state index contributed by atoms with van der Waals surface area (Å²) in [7, 11) is 0. The Morgan fingerprint density at radius 1 is 1.19 bits per heavy atom. The van der Waals surface area contributed by atoms with Gasteiger partial charge < -0.3 is 10.4 Å². The van der Waals surface area contributed by atoms with Gasteiger partial charge in [0.2, 0.25) is 0 Å². The molecule has 6 heteroatoms. The first-order chi connectivity index (χ1) is 12.5. The Labute approximate surface area is 151 Å². The van der Waals surface area contributed by atoms with Gasteiger partial charge in [0, 0.05) is 12.6 Å². The molecule has 6 nitrogen and oxygen atoms in total. The average Bonchev–Trinajstić information content (AvgIpc) is 3.02. The maximum absolute atomic E-state index is 12.9.